The number of rotatable bonds is 6. The molecule has 0 radical (unpaired) electrons. The zero-order valence-electron chi connectivity index (χ0n) is 19.2. The zero-order chi connectivity index (χ0) is 24.5. The van der Waals surface area contributed by atoms with Crippen LogP contribution in [-0.2, 0) is 11.2 Å². The Labute approximate surface area is 205 Å². The van der Waals surface area contributed by atoms with Gasteiger partial charge in [0.15, 0.2) is 5.13 Å². The van der Waals surface area contributed by atoms with Crippen LogP contribution in [0.2, 0.25) is 0 Å². The molecule has 0 aliphatic heterocycles. The second-order valence-electron chi connectivity index (χ2n) is 8.31. The molecule has 0 unspecified atom stereocenters. The molecule has 8 heteroatoms. The molecule has 0 saturated carbocycles. The number of thiazole rings is 1. The molecule has 6 nitrogen and oxygen atoms in total. The number of amides is 1. The summed E-state index contributed by atoms with van der Waals surface area (Å²) in [5, 5.41) is 3.19. The van der Waals surface area contributed by atoms with Crippen molar-refractivity contribution >= 4 is 33.6 Å². The summed E-state index contributed by atoms with van der Waals surface area (Å²) in [7, 11) is 0. The van der Waals surface area contributed by atoms with E-state index in [2.05, 4.69) is 26.8 Å². The minimum Gasteiger partial charge on any atom is -0.302 e. The summed E-state index contributed by atoms with van der Waals surface area (Å²) in [5.74, 6) is -0.772. The fraction of sp³-hybridized carbons (Fsp3) is 0.111. The monoisotopic (exact) mass is 483 g/mol. The van der Waals surface area contributed by atoms with Crippen LogP contribution >= 0.6 is 11.3 Å². The van der Waals surface area contributed by atoms with E-state index in [1.165, 1.54) is 17.4 Å². The van der Waals surface area contributed by atoms with Gasteiger partial charge in [0.1, 0.15) is 11.5 Å². The number of carbonyl (C=O) groups is 1. The minimum absolute atomic E-state index is 0.0873. The number of carbonyl (C=O) groups excluding carboxylic acids is 1. The van der Waals surface area contributed by atoms with Gasteiger partial charge in [-0.15, -0.1) is 0 Å². The van der Waals surface area contributed by atoms with E-state index < -0.39 is 5.82 Å². The Morgan fingerprint density at radius 2 is 1.89 bits per heavy atom. The molecular weight excluding hydrogens is 461 g/mol. The van der Waals surface area contributed by atoms with E-state index >= 15 is 0 Å². The molecule has 0 aliphatic carbocycles. The first-order chi connectivity index (χ1) is 16.9. The van der Waals surface area contributed by atoms with E-state index in [0.29, 0.717) is 16.3 Å². The summed E-state index contributed by atoms with van der Waals surface area (Å²) in [6, 6.07) is 12.9. The fourth-order valence-corrected chi connectivity index (χ4v) is 4.57. The normalized spacial score (nSPS) is 11.1. The number of hydrogen-bond donors (Lipinski definition) is 1. The summed E-state index contributed by atoms with van der Waals surface area (Å²) in [4.78, 5) is 26.2. The van der Waals surface area contributed by atoms with Crippen LogP contribution in [-0.4, -0.2) is 25.3 Å². The standard InChI is InChI=1S/C27H22FN5OS/c1-16(2)24-15-31-27(35-24)32-26(34)13-20-4-5-21(11-22(20)28)23-14-30-25-12-19(7-9-33(23)25)18-6-8-29-17(3)10-18/h4-12,14-15H,1,13H2,2-3H3,(H,31,32,34). The van der Waals surface area contributed by atoms with Crippen LogP contribution in [0.15, 0.2) is 73.8 Å². The molecule has 4 heterocycles. The number of hydrogen-bond acceptors (Lipinski definition) is 5. The summed E-state index contributed by atoms with van der Waals surface area (Å²) in [6.45, 7) is 7.70. The molecule has 1 aromatic carbocycles. The van der Waals surface area contributed by atoms with Crippen LogP contribution in [0.5, 0.6) is 0 Å². The van der Waals surface area contributed by atoms with E-state index in [9.17, 15) is 9.18 Å². The molecule has 1 N–H and O–H groups in total. The maximum Gasteiger partial charge on any atom is 0.230 e. The van der Waals surface area contributed by atoms with Crippen LogP contribution in [0, 0.1) is 12.7 Å². The van der Waals surface area contributed by atoms with Crippen molar-refractivity contribution in [2.24, 2.45) is 0 Å². The van der Waals surface area contributed by atoms with Gasteiger partial charge >= 0.3 is 0 Å². The summed E-state index contributed by atoms with van der Waals surface area (Å²) in [5.41, 5.74) is 6.43. The molecule has 4 aromatic heterocycles. The third-order valence-electron chi connectivity index (χ3n) is 5.62. The summed E-state index contributed by atoms with van der Waals surface area (Å²) in [6.07, 6.45) is 7.01. The van der Waals surface area contributed by atoms with Crippen molar-refractivity contribution in [1.29, 1.82) is 0 Å². The van der Waals surface area contributed by atoms with Crippen LogP contribution in [0.3, 0.4) is 0 Å². The van der Waals surface area contributed by atoms with Crippen molar-refractivity contribution in [1.82, 2.24) is 19.4 Å². The molecule has 0 atom stereocenters. The molecule has 0 fully saturated rings. The first-order valence-electron chi connectivity index (χ1n) is 11.0. The average molecular weight is 484 g/mol. The fourth-order valence-electron chi connectivity index (χ4n) is 3.81. The number of fused-ring (bicyclic) bond motifs is 1. The van der Waals surface area contributed by atoms with Gasteiger partial charge < -0.3 is 5.32 Å². The highest BCUT2D eigenvalue weighted by Gasteiger charge is 2.14. The number of nitrogens with one attached hydrogen (secondary N) is 1. The predicted molar refractivity (Wildman–Crippen MR) is 138 cm³/mol. The lowest BCUT2D eigenvalue weighted by Gasteiger charge is -2.08. The molecule has 35 heavy (non-hydrogen) atoms. The highest BCUT2D eigenvalue weighted by atomic mass is 32.1. The molecule has 1 amide bonds. The lowest BCUT2D eigenvalue weighted by Crippen LogP contribution is -2.15. The Morgan fingerprint density at radius 1 is 1.06 bits per heavy atom. The number of benzene rings is 1. The Hall–Kier alpha value is -4.17. The smallest absolute Gasteiger partial charge is 0.230 e. The second kappa shape index (κ2) is 9.23. The van der Waals surface area contributed by atoms with Gasteiger partial charge in [0.25, 0.3) is 0 Å². The minimum atomic E-state index is -0.446. The first-order valence-corrected chi connectivity index (χ1v) is 11.8. The number of aromatic nitrogens is 4. The van der Waals surface area contributed by atoms with E-state index in [1.54, 1.807) is 30.7 Å². The van der Waals surface area contributed by atoms with Crippen molar-refractivity contribution in [2.45, 2.75) is 20.3 Å². The highest BCUT2D eigenvalue weighted by molar-refractivity contribution is 7.16. The number of pyridine rings is 2. The molecular formula is C27H22FN5OS. The summed E-state index contributed by atoms with van der Waals surface area (Å²) < 4.78 is 16.9. The quantitative estimate of drug-likeness (QED) is 0.313. The van der Waals surface area contributed by atoms with Gasteiger partial charge in [-0.25, -0.2) is 14.4 Å². The van der Waals surface area contributed by atoms with Gasteiger partial charge in [-0.05, 0) is 66.4 Å². The molecule has 174 valence electrons. The maximum absolute atomic E-state index is 14.9. The first kappa shape index (κ1) is 22.6. The van der Waals surface area contributed by atoms with Crippen molar-refractivity contribution in [3.8, 4) is 22.4 Å². The number of imidazole rings is 1. The molecule has 0 spiro atoms. The van der Waals surface area contributed by atoms with Gasteiger partial charge in [0.2, 0.25) is 5.91 Å². The average Bonchev–Trinajstić information content (AvgIpc) is 3.47. The molecule has 5 aromatic rings. The molecule has 0 saturated heterocycles. The SMILES string of the molecule is C=C(C)c1cnc(NC(=O)Cc2ccc(-c3cnc4cc(-c5ccnc(C)c5)ccn34)cc2F)s1. The third-order valence-corrected chi connectivity index (χ3v) is 6.69. The Kier molecular flexibility index (Phi) is 5.96. The Balaban J connectivity index is 1.35. The topological polar surface area (TPSA) is 72.2 Å². The Bertz CT molecular complexity index is 1590. The number of anilines is 1. The van der Waals surface area contributed by atoms with E-state index in [4.69, 9.17) is 0 Å². The highest BCUT2D eigenvalue weighted by Crippen LogP contribution is 2.27. The van der Waals surface area contributed by atoms with Crippen molar-refractivity contribution in [3.63, 3.8) is 0 Å². The predicted octanol–water partition coefficient (Wildman–Crippen LogP) is 6.18. The van der Waals surface area contributed by atoms with Gasteiger partial charge in [0.05, 0.1) is 23.2 Å². The summed E-state index contributed by atoms with van der Waals surface area (Å²) >= 11 is 1.34. The zero-order valence-corrected chi connectivity index (χ0v) is 20.1. The second-order valence-corrected chi connectivity index (χ2v) is 9.34. The van der Waals surface area contributed by atoms with Gasteiger partial charge in [0, 0.05) is 29.8 Å². The number of allylic oxidation sites excluding steroid dienone is 1. The molecule has 5 rings (SSSR count). The van der Waals surface area contributed by atoms with Crippen LogP contribution < -0.4 is 5.32 Å². The van der Waals surface area contributed by atoms with Crippen molar-refractivity contribution in [2.75, 3.05) is 5.32 Å². The Morgan fingerprint density at radius 3 is 2.63 bits per heavy atom. The molecule has 0 bridgehead atoms. The van der Waals surface area contributed by atoms with Gasteiger partial charge in [-0.1, -0.05) is 30.0 Å². The number of aryl methyl sites for hydroxylation is 1. The van der Waals surface area contributed by atoms with Crippen molar-refractivity contribution < 1.29 is 9.18 Å². The lowest BCUT2D eigenvalue weighted by molar-refractivity contribution is -0.115. The van der Waals surface area contributed by atoms with Crippen LogP contribution in [0.1, 0.15) is 23.1 Å². The van der Waals surface area contributed by atoms with Crippen molar-refractivity contribution in [3.05, 3.63) is 95.8 Å². The van der Waals surface area contributed by atoms with E-state index in [0.717, 1.165) is 38.6 Å². The largest absolute Gasteiger partial charge is 0.302 e. The van der Waals surface area contributed by atoms with E-state index in [-0.39, 0.29) is 12.3 Å². The van der Waals surface area contributed by atoms with Crippen LogP contribution in [0.25, 0.3) is 33.6 Å². The van der Waals surface area contributed by atoms with Gasteiger partial charge in [-0.3, -0.25) is 14.2 Å². The van der Waals surface area contributed by atoms with Crippen LogP contribution in [0.4, 0.5) is 9.52 Å². The third kappa shape index (κ3) is 4.74. The maximum atomic E-state index is 14.9. The number of halogens is 1. The van der Waals surface area contributed by atoms with Gasteiger partial charge in [-0.2, -0.15) is 0 Å². The lowest BCUT2D eigenvalue weighted by atomic mass is 10.1. The number of nitrogens with zero attached hydrogens (tertiary/aromatic N) is 4. The van der Waals surface area contributed by atoms with E-state index in [1.807, 2.05) is 48.7 Å². The molecule has 0 aliphatic rings.